The first-order chi connectivity index (χ1) is 15.1. The van der Waals surface area contributed by atoms with Gasteiger partial charge in [-0.15, -0.1) is 12.4 Å². The molecule has 0 N–H and O–H groups in total. The minimum absolute atomic E-state index is 0. The normalized spacial score (nSPS) is 17.2. The van der Waals surface area contributed by atoms with Crippen molar-refractivity contribution in [1.29, 1.82) is 0 Å². The van der Waals surface area contributed by atoms with Crippen molar-refractivity contribution >= 4 is 18.3 Å². The van der Waals surface area contributed by atoms with Crippen LogP contribution >= 0.6 is 12.4 Å². The summed E-state index contributed by atoms with van der Waals surface area (Å²) in [7, 11) is 0. The second-order valence-corrected chi connectivity index (χ2v) is 8.96. The number of hydrogen-bond acceptors (Lipinski definition) is 3. The first-order valence-electron chi connectivity index (χ1n) is 11.5. The van der Waals surface area contributed by atoms with Crippen LogP contribution in [0.5, 0.6) is 5.75 Å². The quantitative estimate of drug-likeness (QED) is 0.592. The zero-order chi connectivity index (χ0) is 21.6. The molecule has 2 aromatic rings. The van der Waals surface area contributed by atoms with Crippen molar-refractivity contribution in [3.05, 3.63) is 65.0 Å². The van der Waals surface area contributed by atoms with E-state index in [2.05, 4.69) is 23.1 Å². The van der Waals surface area contributed by atoms with Crippen LogP contribution in [0, 0.1) is 11.7 Å². The largest absolute Gasteiger partial charge is 0.494 e. The van der Waals surface area contributed by atoms with Gasteiger partial charge in [-0.25, -0.2) is 4.39 Å². The summed E-state index contributed by atoms with van der Waals surface area (Å²) < 4.78 is 19.3. The Balaban J connectivity index is 0.00000289. The maximum atomic E-state index is 13.2. The van der Waals surface area contributed by atoms with Crippen LogP contribution in [-0.4, -0.2) is 41.9 Å². The van der Waals surface area contributed by atoms with E-state index < -0.39 is 0 Å². The van der Waals surface area contributed by atoms with Gasteiger partial charge in [0.25, 0.3) is 0 Å². The number of fused-ring (bicyclic) bond motifs is 1. The minimum atomic E-state index is -0.184. The lowest BCUT2D eigenvalue weighted by atomic mass is 9.94. The summed E-state index contributed by atoms with van der Waals surface area (Å²) in [5, 5.41) is 0. The van der Waals surface area contributed by atoms with Gasteiger partial charge in [0.05, 0.1) is 6.61 Å². The van der Waals surface area contributed by atoms with E-state index in [1.54, 1.807) is 6.92 Å². The van der Waals surface area contributed by atoms with Gasteiger partial charge >= 0.3 is 0 Å². The first kappa shape index (κ1) is 24.5. The third kappa shape index (κ3) is 6.69. The predicted octanol–water partition coefficient (Wildman–Crippen LogP) is 5.22. The molecule has 1 amide bonds. The second kappa shape index (κ2) is 11.7. The van der Waals surface area contributed by atoms with Crippen LogP contribution in [0.4, 0.5) is 4.39 Å². The number of rotatable bonds is 6. The van der Waals surface area contributed by atoms with Crippen LogP contribution in [0.1, 0.15) is 49.3 Å². The van der Waals surface area contributed by atoms with Gasteiger partial charge in [-0.3, -0.25) is 9.69 Å². The molecule has 174 valence electrons. The molecule has 32 heavy (non-hydrogen) atoms. The molecule has 2 aromatic carbocycles. The zero-order valence-electron chi connectivity index (χ0n) is 18.9. The van der Waals surface area contributed by atoms with Crippen LogP contribution in [0.25, 0.3) is 0 Å². The molecule has 0 aliphatic carbocycles. The van der Waals surface area contributed by atoms with E-state index in [1.165, 1.54) is 23.3 Å². The average Bonchev–Trinajstić information content (AvgIpc) is 2.97. The topological polar surface area (TPSA) is 32.8 Å². The van der Waals surface area contributed by atoms with E-state index in [0.29, 0.717) is 5.92 Å². The number of halogens is 2. The Kier molecular flexibility index (Phi) is 8.94. The van der Waals surface area contributed by atoms with Crippen LogP contribution in [-0.2, 0) is 24.3 Å². The van der Waals surface area contributed by atoms with Gasteiger partial charge in [0.1, 0.15) is 11.6 Å². The lowest BCUT2D eigenvalue weighted by Gasteiger charge is -2.31. The monoisotopic (exact) mass is 460 g/mol. The van der Waals surface area contributed by atoms with E-state index in [1.807, 2.05) is 17.0 Å². The van der Waals surface area contributed by atoms with Crippen molar-refractivity contribution in [2.75, 3.05) is 26.2 Å². The van der Waals surface area contributed by atoms with Crippen LogP contribution in [0.15, 0.2) is 42.5 Å². The molecule has 4 rings (SSSR count). The molecule has 2 aliphatic heterocycles. The zero-order valence-corrected chi connectivity index (χ0v) is 19.7. The molecule has 4 nitrogen and oxygen atoms in total. The minimum Gasteiger partial charge on any atom is -0.494 e. The van der Waals surface area contributed by atoms with Crippen molar-refractivity contribution in [2.45, 2.75) is 52.1 Å². The van der Waals surface area contributed by atoms with E-state index in [-0.39, 0.29) is 24.1 Å². The maximum absolute atomic E-state index is 13.2. The molecular formula is C26H34ClFN2O2. The Bertz CT molecular complexity index is 882. The number of nitrogens with zero attached hydrogens (tertiary/aromatic N) is 2. The smallest absolute Gasteiger partial charge is 0.219 e. The molecule has 0 saturated carbocycles. The summed E-state index contributed by atoms with van der Waals surface area (Å²) in [5.74, 6) is 1.59. The Morgan fingerprint density at radius 3 is 2.53 bits per heavy atom. The summed E-state index contributed by atoms with van der Waals surface area (Å²) in [5.41, 5.74) is 3.89. The van der Waals surface area contributed by atoms with Crippen molar-refractivity contribution in [2.24, 2.45) is 5.92 Å². The maximum Gasteiger partial charge on any atom is 0.219 e. The SMILES string of the molecule is CC(=O)N1CCC(CCOc2ccc3c(c2)CN(Cc2ccc(F)cc2)CCC3)CC1.Cl. The highest BCUT2D eigenvalue weighted by Crippen LogP contribution is 2.26. The fourth-order valence-corrected chi connectivity index (χ4v) is 4.76. The summed E-state index contributed by atoms with van der Waals surface area (Å²) in [4.78, 5) is 15.9. The number of amides is 1. The number of aryl methyl sites for hydroxylation is 1. The summed E-state index contributed by atoms with van der Waals surface area (Å²) in [6.45, 7) is 6.91. The van der Waals surface area contributed by atoms with Gasteiger partial charge in [0.2, 0.25) is 5.91 Å². The molecule has 0 atom stereocenters. The van der Waals surface area contributed by atoms with Crippen LogP contribution < -0.4 is 4.74 Å². The predicted molar refractivity (Wildman–Crippen MR) is 128 cm³/mol. The van der Waals surface area contributed by atoms with Gasteiger partial charge < -0.3 is 9.64 Å². The molecular weight excluding hydrogens is 427 g/mol. The highest BCUT2D eigenvalue weighted by Gasteiger charge is 2.21. The summed E-state index contributed by atoms with van der Waals surface area (Å²) in [6, 6.07) is 13.4. The molecule has 2 aliphatic rings. The van der Waals surface area contributed by atoms with Crippen molar-refractivity contribution < 1.29 is 13.9 Å². The first-order valence-corrected chi connectivity index (χ1v) is 11.5. The molecule has 0 radical (unpaired) electrons. The standard InChI is InChI=1S/C26H33FN2O2.ClH/c1-20(30)29-14-10-21(11-15-29)12-16-31-26-9-6-23-3-2-13-28(19-24(23)17-26)18-22-4-7-25(27)8-5-22;/h4-9,17,21H,2-3,10-16,18-19H2,1H3;1H. The van der Waals surface area contributed by atoms with Crippen molar-refractivity contribution in [3.8, 4) is 5.75 Å². The van der Waals surface area contributed by atoms with E-state index in [9.17, 15) is 9.18 Å². The lowest BCUT2D eigenvalue weighted by Crippen LogP contribution is -2.37. The molecule has 0 bridgehead atoms. The third-order valence-electron chi connectivity index (χ3n) is 6.67. The molecule has 0 aromatic heterocycles. The highest BCUT2D eigenvalue weighted by atomic mass is 35.5. The number of piperidine rings is 1. The van der Waals surface area contributed by atoms with Gasteiger partial charge in [-0.05, 0) is 85.5 Å². The van der Waals surface area contributed by atoms with Crippen LogP contribution in [0.2, 0.25) is 0 Å². The van der Waals surface area contributed by atoms with E-state index in [4.69, 9.17) is 4.74 Å². The number of hydrogen-bond donors (Lipinski definition) is 0. The van der Waals surface area contributed by atoms with E-state index >= 15 is 0 Å². The van der Waals surface area contributed by atoms with Gasteiger partial charge in [-0.1, -0.05) is 18.2 Å². The lowest BCUT2D eigenvalue weighted by molar-refractivity contribution is -0.130. The highest BCUT2D eigenvalue weighted by molar-refractivity contribution is 5.85. The molecule has 0 spiro atoms. The average molecular weight is 461 g/mol. The molecule has 6 heteroatoms. The Hall–Kier alpha value is -2.11. The summed E-state index contributed by atoms with van der Waals surface area (Å²) >= 11 is 0. The number of carbonyl (C=O) groups is 1. The van der Waals surface area contributed by atoms with E-state index in [0.717, 1.165) is 82.7 Å². The van der Waals surface area contributed by atoms with Gasteiger partial charge in [0, 0.05) is 33.1 Å². The second-order valence-electron chi connectivity index (χ2n) is 8.96. The Morgan fingerprint density at radius 1 is 1.06 bits per heavy atom. The molecule has 2 heterocycles. The number of ether oxygens (including phenoxy) is 1. The summed E-state index contributed by atoms with van der Waals surface area (Å²) in [6.07, 6.45) is 5.41. The third-order valence-corrected chi connectivity index (χ3v) is 6.67. The molecule has 1 saturated heterocycles. The Morgan fingerprint density at radius 2 is 1.81 bits per heavy atom. The van der Waals surface area contributed by atoms with Crippen molar-refractivity contribution in [3.63, 3.8) is 0 Å². The fraction of sp³-hybridized carbons (Fsp3) is 0.500. The molecule has 1 fully saturated rings. The number of likely N-dealkylation sites (tertiary alicyclic amines) is 1. The number of benzene rings is 2. The number of carbonyl (C=O) groups excluding carboxylic acids is 1. The van der Waals surface area contributed by atoms with Gasteiger partial charge in [0.15, 0.2) is 0 Å². The van der Waals surface area contributed by atoms with Crippen molar-refractivity contribution in [1.82, 2.24) is 9.80 Å². The Labute approximate surface area is 197 Å². The van der Waals surface area contributed by atoms with Crippen LogP contribution in [0.3, 0.4) is 0 Å². The molecule has 0 unspecified atom stereocenters. The van der Waals surface area contributed by atoms with Gasteiger partial charge in [-0.2, -0.15) is 0 Å². The fourth-order valence-electron chi connectivity index (χ4n) is 4.76.